The average molecular weight is 224 g/mol. The van der Waals surface area contributed by atoms with E-state index in [0.29, 0.717) is 5.25 Å². The van der Waals surface area contributed by atoms with Gasteiger partial charge in [-0.05, 0) is 23.8 Å². The molecule has 1 aromatic carbocycles. The van der Waals surface area contributed by atoms with Gasteiger partial charge in [0, 0.05) is 10.1 Å². The van der Waals surface area contributed by atoms with Gasteiger partial charge in [-0.2, -0.15) is 0 Å². The van der Waals surface area contributed by atoms with E-state index in [1.807, 2.05) is 11.8 Å². The Bertz CT molecular complexity index is 352. The average Bonchev–Trinajstić information content (AvgIpc) is 2.18. The number of nitrogens with two attached hydrogens (primary N) is 1. The smallest absolute Gasteiger partial charge is 0.151 e. The van der Waals surface area contributed by atoms with Crippen molar-refractivity contribution in [1.29, 1.82) is 5.41 Å². The molecule has 0 amide bonds. The Kier molecular flexibility index (Phi) is 3.03. The van der Waals surface area contributed by atoms with E-state index in [4.69, 9.17) is 11.1 Å². The van der Waals surface area contributed by atoms with E-state index in [-0.39, 0.29) is 5.17 Å². The van der Waals surface area contributed by atoms with Crippen LogP contribution in [0.3, 0.4) is 0 Å². The summed E-state index contributed by atoms with van der Waals surface area (Å²) in [5.41, 5.74) is 6.76. The summed E-state index contributed by atoms with van der Waals surface area (Å²) in [6.07, 6.45) is 1.10. The maximum atomic E-state index is 7.31. The third kappa shape index (κ3) is 2.07. The first kappa shape index (κ1) is 9.93. The van der Waals surface area contributed by atoms with Gasteiger partial charge in [0.05, 0.1) is 0 Å². The zero-order valence-electron chi connectivity index (χ0n) is 7.69. The number of nitrogens with one attached hydrogen (secondary N) is 1. The van der Waals surface area contributed by atoms with E-state index < -0.39 is 0 Å². The summed E-state index contributed by atoms with van der Waals surface area (Å²) in [6, 6.07) is 8.40. The van der Waals surface area contributed by atoms with E-state index in [0.717, 1.165) is 12.2 Å². The molecule has 0 saturated carbocycles. The van der Waals surface area contributed by atoms with E-state index >= 15 is 0 Å². The lowest BCUT2D eigenvalue weighted by Crippen LogP contribution is -2.11. The molecule has 0 bridgehead atoms. The minimum absolute atomic E-state index is 0.219. The quantitative estimate of drug-likeness (QED) is 0.569. The number of hydrogen-bond acceptors (Lipinski definition) is 3. The fraction of sp³-hybridized carbons (Fsp3) is 0.300. The van der Waals surface area contributed by atoms with Crippen LogP contribution in [0.4, 0.5) is 0 Å². The molecule has 0 fully saturated rings. The molecule has 14 heavy (non-hydrogen) atoms. The highest BCUT2D eigenvalue weighted by Crippen LogP contribution is 2.42. The Labute approximate surface area is 92.2 Å². The van der Waals surface area contributed by atoms with Crippen LogP contribution < -0.4 is 5.73 Å². The van der Waals surface area contributed by atoms with Gasteiger partial charge in [0.1, 0.15) is 0 Å². The summed E-state index contributed by atoms with van der Waals surface area (Å²) in [5, 5.41) is 7.90. The van der Waals surface area contributed by atoms with Crippen molar-refractivity contribution < 1.29 is 0 Å². The van der Waals surface area contributed by atoms with Gasteiger partial charge in [-0.15, -0.1) is 11.8 Å². The zero-order valence-corrected chi connectivity index (χ0v) is 9.33. The lowest BCUT2D eigenvalue weighted by atomic mass is 10.1. The van der Waals surface area contributed by atoms with Crippen molar-refractivity contribution >= 4 is 28.7 Å². The highest BCUT2D eigenvalue weighted by molar-refractivity contribution is 8.14. The second kappa shape index (κ2) is 4.28. The molecule has 1 aliphatic rings. The van der Waals surface area contributed by atoms with Crippen molar-refractivity contribution in [3.63, 3.8) is 0 Å². The highest BCUT2D eigenvalue weighted by atomic mass is 32.2. The lowest BCUT2D eigenvalue weighted by Gasteiger charge is -2.23. The van der Waals surface area contributed by atoms with Crippen LogP contribution in [-0.4, -0.2) is 10.9 Å². The molecular formula is C10H12N2S2. The zero-order chi connectivity index (χ0) is 9.97. The van der Waals surface area contributed by atoms with Crippen molar-refractivity contribution in [2.75, 3.05) is 5.75 Å². The summed E-state index contributed by atoms with van der Waals surface area (Å²) in [6.45, 7) is 0. The Morgan fingerprint density at radius 1 is 1.50 bits per heavy atom. The van der Waals surface area contributed by atoms with Gasteiger partial charge in [-0.3, -0.25) is 5.41 Å². The number of amidine groups is 1. The third-order valence-corrected chi connectivity index (χ3v) is 4.32. The van der Waals surface area contributed by atoms with Crippen molar-refractivity contribution in [2.24, 2.45) is 5.73 Å². The first-order valence-corrected chi connectivity index (χ1v) is 6.36. The van der Waals surface area contributed by atoms with Crippen LogP contribution in [0.25, 0.3) is 0 Å². The van der Waals surface area contributed by atoms with Crippen LogP contribution in [0.1, 0.15) is 17.2 Å². The minimum atomic E-state index is 0.219. The number of fused-ring (bicyclic) bond motifs is 1. The van der Waals surface area contributed by atoms with Gasteiger partial charge in [0.15, 0.2) is 5.17 Å². The molecule has 0 saturated heterocycles. The fourth-order valence-electron chi connectivity index (χ4n) is 1.59. The van der Waals surface area contributed by atoms with Gasteiger partial charge >= 0.3 is 0 Å². The summed E-state index contributed by atoms with van der Waals surface area (Å²) in [7, 11) is 0. The Balaban J connectivity index is 2.26. The number of thioether (sulfide) groups is 2. The predicted octanol–water partition coefficient (Wildman–Crippen LogP) is 2.85. The summed E-state index contributed by atoms with van der Waals surface area (Å²) in [5.74, 6) is 1.13. The number of rotatable bonds is 1. The number of hydrogen-bond donors (Lipinski definition) is 2. The van der Waals surface area contributed by atoms with Crippen molar-refractivity contribution in [3.05, 3.63) is 29.8 Å². The van der Waals surface area contributed by atoms with Gasteiger partial charge in [0.2, 0.25) is 0 Å². The topological polar surface area (TPSA) is 49.9 Å². The van der Waals surface area contributed by atoms with Crippen LogP contribution in [0.2, 0.25) is 0 Å². The highest BCUT2D eigenvalue weighted by Gasteiger charge is 2.21. The SMILES string of the molecule is N=C(N)SC1CCSc2ccccc21. The molecule has 74 valence electrons. The molecule has 0 spiro atoms. The van der Waals surface area contributed by atoms with Gasteiger partial charge < -0.3 is 5.73 Å². The second-order valence-corrected chi connectivity index (χ2v) is 5.53. The van der Waals surface area contributed by atoms with Crippen LogP contribution in [0.15, 0.2) is 29.2 Å². The summed E-state index contributed by atoms with van der Waals surface area (Å²) in [4.78, 5) is 1.34. The maximum absolute atomic E-state index is 7.31. The molecule has 2 rings (SSSR count). The third-order valence-electron chi connectivity index (χ3n) is 2.17. The van der Waals surface area contributed by atoms with Crippen LogP contribution >= 0.6 is 23.5 Å². The maximum Gasteiger partial charge on any atom is 0.151 e. The molecule has 1 aliphatic heterocycles. The van der Waals surface area contributed by atoms with E-state index in [2.05, 4.69) is 24.3 Å². The predicted molar refractivity (Wildman–Crippen MR) is 64.0 cm³/mol. The molecule has 1 aromatic rings. The fourth-order valence-corrected chi connectivity index (χ4v) is 3.81. The largest absolute Gasteiger partial charge is 0.379 e. The van der Waals surface area contributed by atoms with E-state index in [9.17, 15) is 0 Å². The van der Waals surface area contributed by atoms with Crippen molar-refractivity contribution in [2.45, 2.75) is 16.6 Å². The monoisotopic (exact) mass is 224 g/mol. The summed E-state index contributed by atoms with van der Waals surface area (Å²) >= 11 is 3.36. The Morgan fingerprint density at radius 2 is 2.29 bits per heavy atom. The van der Waals surface area contributed by atoms with Gasteiger partial charge in [0.25, 0.3) is 0 Å². The molecule has 2 nitrogen and oxygen atoms in total. The van der Waals surface area contributed by atoms with Crippen molar-refractivity contribution in [1.82, 2.24) is 0 Å². The summed E-state index contributed by atoms with van der Waals surface area (Å²) < 4.78 is 0. The standard InChI is InChI=1S/C10H12N2S2/c11-10(12)14-9-5-6-13-8-4-2-1-3-7(8)9/h1-4,9H,5-6H2,(H3,11,12). The minimum Gasteiger partial charge on any atom is -0.379 e. The first-order chi connectivity index (χ1) is 6.77. The van der Waals surface area contributed by atoms with Gasteiger partial charge in [-0.1, -0.05) is 30.0 Å². The molecule has 0 aliphatic carbocycles. The van der Waals surface area contributed by atoms with Crippen molar-refractivity contribution in [3.8, 4) is 0 Å². The molecule has 1 unspecified atom stereocenters. The van der Waals surface area contributed by atoms with E-state index in [1.165, 1.54) is 22.2 Å². The second-order valence-electron chi connectivity index (χ2n) is 3.15. The van der Waals surface area contributed by atoms with Gasteiger partial charge in [-0.25, -0.2) is 0 Å². The van der Waals surface area contributed by atoms with Crippen LogP contribution in [0.5, 0.6) is 0 Å². The normalized spacial score (nSPS) is 20.1. The van der Waals surface area contributed by atoms with Crippen LogP contribution in [0, 0.1) is 5.41 Å². The van der Waals surface area contributed by atoms with E-state index in [1.54, 1.807) is 0 Å². The Morgan fingerprint density at radius 3 is 3.07 bits per heavy atom. The molecule has 0 aromatic heterocycles. The molecule has 4 heteroatoms. The number of benzene rings is 1. The molecule has 1 atom stereocenters. The molecule has 0 radical (unpaired) electrons. The van der Waals surface area contributed by atoms with Crippen LogP contribution in [-0.2, 0) is 0 Å². The lowest BCUT2D eigenvalue weighted by molar-refractivity contribution is 0.869. The Hall–Kier alpha value is -0.610. The molecule has 1 heterocycles. The first-order valence-electron chi connectivity index (χ1n) is 4.50. The molecular weight excluding hydrogens is 212 g/mol. The molecule has 3 N–H and O–H groups in total.